The van der Waals surface area contributed by atoms with Crippen molar-refractivity contribution in [3.8, 4) is 0 Å². The van der Waals surface area contributed by atoms with Crippen molar-refractivity contribution in [3.05, 3.63) is 48.0 Å². The number of oxime groups is 1. The fourth-order valence-corrected chi connectivity index (χ4v) is 2.41. The molecule has 0 saturated carbocycles. The molecule has 1 aromatic heterocycles. The first-order valence-electron chi connectivity index (χ1n) is 7.74. The Balaban J connectivity index is 1.68. The first-order valence-corrected chi connectivity index (χ1v) is 7.74. The van der Waals surface area contributed by atoms with Crippen molar-refractivity contribution < 1.29 is 14.0 Å². The van der Waals surface area contributed by atoms with Gasteiger partial charge in [-0.15, -0.1) is 0 Å². The van der Waals surface area contributed by atoms with E-state index in [9.17, 15) is 9.18 Å². The summed E-state index contributed by atoms with van der Waals surface area (Å²) in [5.74, 6) is -0.618. The van der Waals surface area contributed by atoms with E-state index in [0.29, 0.717) is 17.8 Å². The third-order valence-electron chi connectivity index (χ3n) is 3.91. The summed E-state index contributed by atoms with van der Waals surface area (Å²) in [6, 6.07) is 6.16. The monoisotopic (exact) mass is 330 g/mol. The van der Waals surface area contributed by atoms with Gasteiger partial charge in [-0.1, -0.05) is 17.3 Å². The Morgan fingerprint density at radius 3 is 2.71 bits per heavy atom. The van der Waals surface area contributed by atoms with Crippen molar-refractivity contribution in [2.24, 2.45) is 5.16 Å². The van der Waals surface area contributed by atoms with E-state index in [4.69, 9.17) is 4.84 Å². The van der Waals surface area contributed by atoms with Crippen LogP contribution in [-0.4, -0.2) is 27.0 Å². The Morgan fingerprint density at radius 2 is 2.08 bits per heavy atom. The summed E-state index contributed by atoms with van der Waals surface area (Å²) in [7, 11) is 0. The van der Waals surface area contributed by atoms with Crippen LogP contribution in [0.1, 0.15) is 38.8 Å². The highest BCUT2D eigenvalue weighted by molar-refractivity contribution is 6.07. The third-order valence-corrected chi connectivity index (χ3v) is 3.91. The molecule has 1 aliphatic heterocycles. The number of nitrogens with zero attached hydrogens (tertiary/aromatic N) is 3. The fourth-order valence-electron chi connectivity index (χ4n) is 2.41. The number of anilines is 1. The average molecular weight is 330 g/mol. The van der Waals surface area contributed by atoms with Gasteiger partial charge >= 0.3 is 0 Å². The highest BCUT2D eigenvalue weighted by Crippen LogP contribution is 2.28. The molecular weight excluding hydrogens is 311 g/mol. The molecule has 1 aliphatic rings. The molecule has 1 N–H and O–H groups in total. The number of hydrogen-bond donors (Lipinski definition) is 1. The molecule has 0 radical (unpaired) electrons. The molecule has 2 heterocycles. The maximum Gasteiger partial charge on any atom is 0.271 e. The molecule has 1 atom stereocenters. The molecule has 1 aromatic carbocycles. The number of aromatic nitrogens is 2. The van der Waals surface area contributed by atoms with E-state index < -0.39 is 5.60 Å². The Morgan fingerprint density at radius 1 is 1.38 bits per heavy atom. The van der Waals surface area contributed by atoms with Crippen molar-refractivity contribution in [1.29, 1.82) is 0 Å². The predicted molar refractivity (Wildman–Crippen MR) is 88.3 cm³/mol. The summed E-state index contributed by atoms with van der Waals surface area (Å²) >= 11 is 0. The molecule has 3 rings (SSSR count). The van der Waals surface area contributed by atoms with Crippen molar-refractivity contribution in [2.75, 3.05) is 5.32 Å². The normalized spacial score (nSPS) is 20.0. The fraction of sp³-hybridized carbons (Fsp3) is 0.353. The number of nitrogens with one attached hydrogen (secondary N) is 1. The van der Waals surface area contributed by atoms with Crippen molar-refractivity contribution in [1.82, 2.24) is 9.78 Å². The van der Waals surface area contributed by atoms with Gasteiger partial charge in [0.15, 0.2) is 0 Å². The quantitative estimate of drug-likeness (QED) is 0.936. The summed E-state index contributed by atoms with van der Waals surface area (Å²) in [6.45, 7) is 5.68. The zero-order valence-corrected chi connectivity index (χ0v) is 13.8. The number of rotatable bonds is 4. The van der Waals surface area contributed by atoms with Gasteiger partial charge in [0.2, 0.25) is 5.60 Å². The van der Waals surface area contributed by atoms with E-state index >= 15 is 0 Å². The second-order valence-electron chi connectivity index (χ2n) is 6.30. The first kappa shape index (κ1) is 16.2. The molecule has 0 unspecified atom stereocenters. The van der Waals surface area contributed by atoms with Gasteiger partial charge in [-0.2, -0.15) is 5.10 Å². The number of halogens is 1. The second-order valence-corrected chi connectivity index (χ2v) is 6.30. The highest BCUT2D eigenvalue weighted by Gasteiger charge is 2.42. The molecule has 0 spiro atoms. The van der Waals surface area contributed by atoms with E-state index in [-0.39, 0.29) is 17.8 Å². The molecule has 0 fully saturated rings. The van der Waals surface area contributed by atoms with Gasteiger partial charge < -0.3 is 10.2 Å². The number of amides is 1. The van der Waals surface area contributed by atoms with E-state index in [2.05, 4.69) is 15.6 Å². The lowest BCUT2D eigenvalue weighted by atomic mass is 9.95. The summed E-state index contributed by atoms with van der Waals surface area (Å²) in [5.41, 5.74) is 0.851. The van der Waals surface area contributed by atoms with E-state index in [0.717, 1.165) is 5.56 Å². The lowest BCUT2D eigenvalue weighted by Crippen LogP contribution is -2.40. The molecule has 1 amide bonds. The number of hydrogen-bond acceptors (Lipinski definition) is 4. The average Bonchev–Trinajstić information content (AvgIpc) is 3.16. The zero-order valence-electron chi connectivity index (χ0n) is 13.8. The van der Waals surface area contributed by atoms with Gasteiger partial charge in [-0.3, -0.25) is 9.48 Å². The van der Waals surface area contributed by atoms with E-state index in [1.54, 1.807) is 36.1 Å². The Kier molecular flexibility index (Phi) is 4.09. The van der Waals surface area contributed by atoms with Gasteiger partial charge in [0.05, 0.1) is 17.6 Å². The SMILES string of the molecule is CC(C)n1cc(NC(=O)[C@]2(C)CC(c3ccc(F)cc3)=NO2)cn1. The van der Waals surface area contributed by atoms with Gasteiger partial charge in [0, 0.05) is 18.7 Å². The zero-order chi connectivity index (χ0) is 17.3. The van der Waals surface area contributed by atoms with Gasteiger partial charge in [-0.05, 0) is 38.5 Å². The molecule has 0 saturated heterocycles. The van der Waals surface area contributed by atoms with Crippen LogP contribution in [0.2, 0.25) is 0 Å². The van der Waals surface area contributed by atoms with Crippen LogP contribution in [0.25, 0.3) is 0 Å². The number of carbonyl (C=O) groups is 1. The largest absolute Gasteiger partial charge is 0.379 e. The van der Waals surface area contributed by atoms with Crippen molar-refractivity contribution in [2.45, 2.75) is 38.8 Å². The van der Waals surface area contributed by atoms with Crippen LogP contribution >= 0.6 is 0 Å². The smallest absolute Gasteiger partial charge is 0.271 e. The Bertz CT molecular complexity index is 782. The lowest BCUT2D eigenvalue weighted by molar-refractivity contribution is -0.135. The topological polar surface area (TPSA) is 68.5 Å². The molecule has 24 heavy (non-hydrogen) atoms. The van der Waals surface area contributed by atoms with Crippen LogP contribution in [-0.2, 0) is 9.63 Å². The maximum atomic E-state index is 13.0. The van der Waals surface area contributed by atoms with Gasteiger partial charge in [0.25, 0.3) is 5.91 Å². The molecule has 2 aromatic rings. The predicted octanol–water partition coefficient (Wildman–Crippen LogP) is 3.12. The van der Waals surface area contributed by atoms with Crippen LogP contribution in [0.4, 0.5) is 10.1 Å². The first-order chi connectivity index (χ1) is 11.4. The second kappa shape index (κ2) is 6.07. The minimum absolute atomic E-state index is 0.211. The molecule has 0 bridgehead atoms. The number of benzene rings is 1. The third kappa shape index (κ3) is 3.15. The van der Waals surface area contributed by atoms with Crippen LogP contribution < -0.4 is 5.32 Å². The summed E-state index contributed by atoms with van der Waals surface area (Å²) in [4.78, 5) is 17.9. The van der Waals surface area contributed by atoms with Crippen LogP contribution in [0.15, 0.2) is 41.8 Å². The summed E-state index contributed by atoms with van der Waals surface area (Å²) in [5, 5.41) is 11.0. The molecule has 126 valence electrons. The van der Waals surface area contributed by atoms with Crippen LogP contribution in [0.5, 0.6) is 0 Å². The van der Waals surface area contributed by atoms with Crippen molar-refractivity contribution >= 4 is 17.3 Å². The summed E-state index contributed by atoms with van der Waals surface area (Å²) < 4.78 is 14.8. The maximum absolute atomic E-state index is 13.0. The van der Waals surface area contributed by atoms with Gasteiger partial charge in [0.1, 0.15) is 5.82 Å². The van der Waals surface area contributed by atoms with Crippen LogP contribution in [0.3, 0.4) is 0 Å². The molecule has 6 nitrogen and oxygen atoms in total. The van der Waals surface area contributed by atoms with Gasteiger partial charge in [-0.25, -0.2) is 4.39 Å². The minimum atomic E-state index is -1.11. The number of carbonyl (C=O) groups excluding carboxylic acids is 1. The molecular formula is C17H19FN4O2. The highest BCUT2D eigenvalue weighted by atomic mass is 19.1. The minimum Gasteiger partial charge on any atom is -0.379 e. The Labute approximate surface area is 139 Å². The van der Waals surface area contributed by atoms with E-state index in [1.807, 2.05) is 13.8 Å². The van der Waals surface area contributed by atoms with Crippen molar-refractivity contribution in [3.63, 3.8) is 0 Å². The molecule has 0 aliphatic carbocycles. The Hall–Kier alpha value is -2.70. The molecule has 7 heteroatoms. The van der Waals surface area contributed by atoms with E-state index in [1.165, 1.54) is 12.1 Å². The standard InChI is InChI=1S/C17H19FN4O2/c1-11(2)22-10-14(9-19-22)20-16(23)17(3)8-15(21-24-17)12-4-6-13(18)7-5-12/h4-7,9-11H,8H2,1-3H3,(H,20,23)/t17-/m0/s1. The summed E-state index contributed by atoms with van der Waals surface area (Å²) in [6.07, 6.45) is 3.67. The lowest BCUT2D eigenvalue weighted by Gasteiger charge is -2.19. The van der Waals surface area contributed by atoms with Crippen LogP contribution in [0, 0.1) is 5.82 Å².